The molecule has 0 bridgehead atoms. The Balaban J connectivity index is 2.32. The van der Waals surface area contributed by atoms with E-state index in [-0.39, 0.29) is 0 Å². The van der Waals surface area contributed by atoms with E-state index in [1.54, 1.807) is 18.3 Å². The molecule has 0 radical (unpaired) electrons. The molecule has 4 nitrogen and oxygen atoms in total. The molecule has 19 heavy (non-hydrogen) atoms. The number of anilines is 1. The number of carbonyl (C=O) groups is 1. The first-order valence-corrected chi connectivity index (χ1v) is 6.99. The van der Waals surface area contributed by atoms with Crippen LogP contribution in [0.25, 0.3) is 0 Å². The van der Waals surface area contributed by atoms with Gasteiger partial charge in [0.25, 0.3) is 0 Å². The van der Waals surface area contributed by atoms with Crippen LogP contribution in [0, 0.1) is 0 Å². The van der Waals surface area contributed by atoms with Crippen molar-refractivity contribution in [2.45, 2.75) is 9.92 Å². The van der Waals surface area contributed by atoms with Gasteiger partial charge in [-0.05, 0) is 46.3 Å². The van der Waals surface area contributed by atoms with E-state index in [1.807, 2.05) is 18.2 Å². The van der Waals surface area contributed by atoms with E-state index in [4.69, 9.17) is 10.5 Å². The molecular formula is C13H11BrN2O2S. The molecule has 0 fully saturated rings. The molecule has 0 unspecified atom stereocenters. The van der Waals surface area contributed by atoms with Crippen LogP contribution in [0.3, 0.4) is 0 Å². The summed E-state index contributed by atoms with van der Waals surface area (Å²) in [7, 11) is 1.33. The molecule has 0 atom stereocenters. The number of methoxy groups -OCH3 is 1. The quantitative estimate of drug-likeness (QED) is 0.686. The van der Waals surface area contributed by atoms with Crippen molar-refractivity contribution in [2.75, 3.05) is 12.8 Å². The lowest BCUT2D eigenvalue weighted by Crippen LogP contribution is -2.05. The number of ether oxygens (including phenoxy) is 1. The largest absolute Gasteiger partial charge is 0.465 e. The van der Waals surface area contributed by atoms with Gasteiger partial charge in [-0.1, -0.05) is 11.8 Å². The first kappa shape index (κ1) is 13.9. The van der Waals surface area contributed by atoms with Crippen LogP contribution in [0.4, 0.5) is 5.69 Å². The first-order chi connectivity index (χ1) is 9.11. The molecule has 0 aliphatic heterocycles. The lowest BCUT2D eigenvalue weighted by atomic mass is 10.2. The summed E-state index contributed by atoms with van der Waals surface area (Å²) < 4.78 is 5.59. The highest BCUT2D eigenvalue weighted by Gasteiger charge is 2.12. The third-order valence-corrected chi connectivity index (χ3v) is 4.28. The SMILES string of the molecule is COC(=O)c1cc(Sc2ncccc2Br)ccc1N. The van der Waals surface area contributed by atoms with Crippen molar-refractivity contribution in [1.82, 2.24) is 4.98 Å². The lowest BCUT2D eigenvalue weighted by molar-refractivity contribution is 0.0601. The minimum Gasteiger partial charge on any atom is -0.465 e. The third kappa shape index (κ3) is 3.27. The highest BCUT2D eigenvalue weighted by Crippen LogP contribution is 2.32. The molecule has 0 aliphatic carbocycles. The predicted molar refractivity (Wildman–Crippen MR) is 78.3 cm³/mol. The Kier molecular flexibility index (Phi) is 4.44. The molecule has 2 aromatic rings. The summed E-state index contributed by atoms with van der Waals surface area (Å²) in [6, 6.07) is 8.98. The van der Waals surface area contributed by atoms with Gasteiger partial charge in [-0.3, -0.25) is 0 Å². The maximum Gasteiger partial charge on any atom is 0.339 e. The number of nitrogen functional groups attached to an aromatic ring is 1. The van der Waals surface area contributed by atoms with Crippen molar-refractivity contribution in [3.63, 3.8) is 0 Å². The van der Waals surface area contributed by atoms with Crippen LogP contribution in [0.5, 0.6) is 0 Å². The zero-order valence-electron chi connectivity index (χ0n) is 10.1. The van der Waals surface area contributed by atoms with Gasteiger partial charge in [-0.15, -0.1) is 0 Å². The van der Waals surface area contributed by atoms with E-state index in [1.165, 1.54) is 18.9 Å². The van der Waals surface area contributed by atoms with Gasteiger partial charge in [0.2, 0.25) is 0 Å². The fourth-order valence-corrected chi connectivity index (χ4v) is 2.76. The number of hydrogen-bond donors (Lipinski definition) is 1. The fraction of sp³-hybridized carbons (Fsp3) is 0.0769. The number of carbonyl (C=O) groups excluding carboxylic acids is 1. The Bertz CT molecular complexity index is 619. The third-order valence-electron chi connectivity index (χ3n) is 2.37. The molecule has 2 N–H and O–H groups in total. The predicted octanol–water partition coefficient (Wildman–Crippen LogP) is 3.36. The number of benzene rings is 1. The van der Waals surface area contributed by atoms with Gasteiger partial charge in [-0.25, -0.2) is 9.78 Å². The molecule has 0 amide bonds. The molecule has 1 heterocycles. The molecule has 98 valence electrons. The van der Waals surface area contributed by atoms with E-state index in [0.717, 1.165) is 14.4 Å². The van der Waals surface area contributed by atoms with Gasteiger partial charge in [0.1, 0.15) is 5.03 Å². The standard InChI is InChI=1S/C13H11BrN2O2S/c1-18-13(17)9-7-8(4-5-11(9)15)19-12-10(14)3-2-6-16-12/h2-7H,15H2,1H3. The number of hydrogen-bond acceptors (Lipinski definition) is 5. The highest BCUT2D eigenvalue weighted by atomic mass is 79.9. The molecule has 2 rings (SSSR count). The molecule has 1 aromatic carbocycles. The van der Waals surface area contributed by atoms with Crippen molar-refractivity contribution < 1.29 is 9.53 Å². The van der Waals surface area contributed by atoms with Gasteiger partial charge in [-0.2, -0.15) is 0 Å². The van der Waals surface area contributed by atoms with Crippen LogP contribution in [-0.2, 0) is 4.74 Å². The Hall–Kier alpha value is -1.53. The minimum absolute atomic E-state index is 0.361. The van der Waals surface area contributed by atoms with Gasteiger partial charge in [0.15, 0.2) is 0 Å². The average Bonchev–Trinajstić information content (AvgIpc) is 2.42. The summed E-state index contributed by atoms with van der Waals surface area (Å²) in [6.07, 6.45) is 1.71. The second-order valence-corrected chi connectivity index (χ2v) is 5.55. The smallest absolute Gasteiger partial charge is 0.339 e. The second kappa shape index (κ2) is 6.08. The summed E-state index contributed by atoms with van der Waals surface area (Å²) in [4.78, 5) is 16.7. The van der Waals surface area contributed by atoms with E-state index < -0.39 is 5.97 Å². The van der Waals surface area contributed by atoms with Crippen molar-refractivity contribution in [3.8, 4) is 0 Å². The Morgan fingerprint density at radius 3 is 2.89 bits per heavy atom. The number of esters is 1. The Morgan fingerprint density at radius 1 is 1.42 bits per heavy atom. The first-order valence-electron chi connectivity index (χ1n) is 5.38. The normalized spacial score (nSPS) is 10.2. The lowest BCUT2D eigenvalue weighted by Gasteiger charge is -2.07. The van der Waals surface area contributed by atoms with Crippen molar-refractivity contribution >= 4 is 39.3 Å². The monoisotopic (exact) mass is 338 g/mol. The average molecular weight is 339 g/mol. The summed E-state index contributed by atoms with van der Waals surface area (Å²) in [5, 5.41) is 0.822. The van der Waals surface area contributed by atoms with E-state index >= 15 is 0 Å². The minimum atomic E-state index is -0.444. The number of nitrogens with zero attached hydrogens (tertiary/aromatic N) is 1. The van der Waals surface area contributed by atoms with Crippen molar-refractivity contribution in [3.05, 3.63) is 46.6 Å². The van der Waals surface area contributed by atoms with Crippen LogP contribution in [0.2, 0.25) is 0 Å². The topological polar surface area (TPSA) is 65.2 Å². The summed E-state index contributed by atoms with van der Waals surface area (Å²) in [5.41, 5.74) is 6.51. The van der Waals surface area contributed by atoms with Crippen LogP contribution < -0.4 is 5.73 Å². The second-order valence-electron chi connectivity index (χ2n) is 3.63. The van der Waals surface area contributed by atoms with Gasteiger partial charge < -0.3 is 10.5 Å². The number of pyridine rings is 1. The van der Waals surface area contributed by atoms with Crippen LogP contribution in [0.1, 0.15) is 10.4 Å². The Labute approximate surface area is 123 Å². The van der Waals surface area contributed by atoms with Crippen molar-refractivity contribution in [2.24, 2.45) is 0 Å². The molecule has 0 saturated heterocycles. The zero-order valence-corrected chi connectivity index (χ0v) is 12.5. The molecule has 0 saturated carbocycles. The molecular weight excluding hydrogens is 328 g/mol. The molecule has 0 aliphatic rings. The highest BCUT2D eigenvalue weighted by molar-refractivity contribution is 9.10. The van der Waals surface area contributed by atoms with Crippen LogP contribution in [0.15, 0.2) is 50.9 Å². The maximum absolute atomic E-state index is 11.6. The Morgan fingerprint density at radius 2 is 2.21 bits per heavy atom. The summed E-state index contributed by atoms with van der Waals surface area (Å²) in [6.45, 7) is 0. The molecule has 1 aromatic heterocycles. The van der Waals surface area contributed by atoms with Crippen molar-refractivity contribution in [1.29, 1.82) is 0 Å². The number of nitrogens with two attached hydrogens (primary N) is 1. The molecule has 6 heteroatoms. The van der Waals surface area contributed by atoms with Crippen LogP contribution >= 0.6 is 27.7 Å². The van der Waals surface area contributed by atoms with E-state index in [9.17, 15) is 4.79 Å². The zero-order chi connectivity index (χ0) is 13.8. The van der Waals surface area contributed by atoms with Gasteiger partial charge >= 0.3 is 5.97 Å². The summed E-state index contributed by atoms with van der Waals surface area (Å²) >= 11 is 4.87. The summed E-state index contributed by atoms with van der Waals surface area (Å²) in [5.74, 6) is -0.444. The van der Waals surface area contributed by atoms with E-state index in [2.05, 4.69) is 20.9 Å². The number of halogens is 1. The number of rotatable bonds is 3. The number of aromatic nitrogens is 1. The van der Waals surface area contributed by atoms with Gasteiger partial charge in [0.05, 0.1) is 17.1 Å². The van der Waals surface area contributed by atoms with Gasteiger partial charge in [0, 0.05) is 16.8 Å². The maximum atomic E-state index is 11.6. The van der Waals surface area contributed by atoms with E-state index in [0.29, 0.717) is 11.3 Å². The van der Waals surface area contributed by atoms with Crippen LogP contribution in [-0.4, -0.2) is 18.1 Å². The fourth-order valence-electron chi connectivity index (χ4n) is 1.44. The molecule has 0 spiro atoms.